The third-order valence-corrected chi connectivity index (χ3v) is 5.74. The van der Waals surface area contributed by atoms with E-state index in [1.807, 2.05) is 0 Å². The molecule has 36 heavy (non-hydrogen) atoms. The topological polar surface area (TPSA) is 185 Å². The number of carboxylic acids is 1. The minimum absolute atomic E-state index is 0.0138. The van der Waals surface area contributed by atoms with Crippen LogP contribution in [0.4, 0.5) is 4.79 Å². The van der Waals surface area contributed by atoms with Crippen LogP contribution in [0.2, 0.25) is 0 Å². The summed E-state index contributed by atoms with van der Waals surface area (Å²) >= 11 is 0. The first-order valence-corrected chi connectivity index (χ1v) is 11.3. The summed E-state index contributed by atoms with van der Waals surface area (Å²) in [4.78, 5) is 78.7. The van der Waals surface area contributed by atoms with E-state index >= 15 is 0 Å². The number of nitrogens with zero attached hydrogens (tertiary/aromatic N) is 3. The number of amides is 4. The van der Waals surface area contributed by atoms with Gasteiger partial charge in [0.2, 0.25) is 11.8 Å². The number of ether oxygens (including phenoxy) is 2. The SMILES string of the molecule is COC(=O)NC1CCC(=O)N2CCCC(C(=O)NC(CC(=O)O)C(=O)COc3cccnc3)N2C1=O. The number of fused-ring (bicyclic) bond motifs is 1. The number of methoxy groups -OCH3 is 1. The lowest BCUT2D eigenvalue weighted by Gasteiger charge is -2.43. The lowest BCUT2D eigenvalue weighted by molar-refractivity contribution is -0.176. The number of carbonyl (C=O) groups is 6. The van der Waals surface area contributed by atoms with E-state index in [1.54, 1.807) is 12.1 Å². The molecule has 2 aliphatic heterocycles. The van der Waals surface area contributed by atoms with Gasteiger partial charge in [0.1, 0.15) is 30.5 Å². The number of nitrogens with one attached hydrogen (secondary N) is 2. The molecule has 0 spiro atoms. The Morgan fingerprint density at radius 1 is 1.25 bits per heavy atom. The number of carbonyl (C=O) groups excluding carboxylic acids is 5. The van der Waals surface area contributed by atoms with E-state index in [0.717, 1.165) is 17.1 Å². The number of aromatic nitrogens is 1. The molecule has 0 aromatic carbocycles. The fraction of sp³-hybridized carbons (Fsp3) is 0.500. The third kappa shape index (κ3) is 6.46. The quantitative estimate of drug-likeness (QED) is 0.385. The maximum atomic E-state index is 13.2. The van der Waals surface area contributed by atoms with Crippen LogP contribution in [-0.4, -0.2) is 94.1 Å². The Labute approximate surface area is 205 Å². The molecule has 3 unspecified atom stereocenters. The number of ketones is 1. The van der Waals surface area contributed by atoms with Crippen molar-refractivity contribution in [1.29, 1.82) is 0 Å². The van der Waals surface area contributed by atoms with Gasteiger partial charge in [-0.2, -0.15) is 0 Å². The van der Waals surface area contributed by atoms with Crippen molar-refractivity contribution in [2.24, 2.45) is 0 Å². The molecule has 2 aliphatic rings. The van der Waals surface area contributed by atoms with E-state index in [-0.39, 0.29) is 31.6 Å². The first-order chi connectivity index (χ1) is 17.2. The molecule has 3 heterocycles. The average molecular weight is 505 g/mol. The van der Waals surface area contributed by atoms with Crippen LogP contribution in [0, 0.1) is 0 Å². The Kier molecular flexibility index (Phi) is 8.76. The highest BCUT2D eigenvalue weighted by Gasteiger charge is 2.45. The number of rotatable bonds is 9. The number of hydrogen-bond acceptors (Lipinski definition) is 9. The number of alkyl carbamates (subject to hydrolysis) is 1. The summed E-state index contributed by atoms with van der Waals surface area (Å²) in [5, 5.41) is 16.2. The second kappa shape index (κ2) is 12.0. The van der Waals surface area contributed by atoms with Crippen LogP contribution >= 0.6 is 0 Å². The molecule has 0 bridgehead atoms. The Bertz CT molecular complexity index is 1020. The van der Waals surface area contributed by atoms with Crippen molar-refractivity contribution in [2.75, 3.05) is 20.3 Å². The number of Topliss-reactive ketones (excluding diaryl/α,β-unsaturated/α-hetero) is 1. The number of pyridine rings is 1. The maximum Gasteiger partial charge on any atom is 0.407 e. The summed E-state index contributed by atoms with van der Waals surface area (Å²) in [6.45, 7) is -0.331. The molecule has 1 aromatic rings. The van der Waals surface area contributed by atoms with Gasteiger partial charge in [-0.15, -0.1) is 0 Å². The van der Waals surface area contributed by atoms with Gasteiger partial charge >= 0.3 is 12.1 Å². The van der Waals surface area contributed by atoms with Crippen molar-refractivity contribution in [3.8, 4) is 5.75 Å². The van der Waals surface area contributed by atoms with Gasteiger partial charge in [-0.25, -0.2) is 9.80 Å². The first-order valence-electron chi connectivity index (χ1n) is 11.3. The van der Waals surface area contributed by atoms with Crippen LogP contribution in [0.1, 0.15) is 32.1 Å². The van der Waals surface area contributed by atoms with Crippen LogP contribution in [0.5, 0.6) is 5.75 Å². The molecule has 2 fully saturated rings. The summed E-state index contributed by atoms with van der Waals surface area (Å²) in [5.41, 5.74) is 0. The molecule has 2 saturated heterocycles. The molecule has 4 amide bonds. The van der Waals surface area contributed by atoms with Crippen LogP contribution in [0.3, 0.4) is 0 Å². The van der Waals surface area contributed by atoms with E-state index in [4.69, 9.17) is 4.74 Å². The van der Waals surface area contributed by atoms with E-state index in [9.17, 15) is 33.9 Å². The smallest absolute Gasteiger partial charge is 0.407 e. The minimum atomic E-state index is -1.44. The summed E-state index contributed by atoms with van der Waals surface area (Å²) < 4.78 is 9.87. The number of carboxylic acid groups (broad SMARTS) is 1. The van der Waals surface area contributed by atoms with Crippen molar-refractivity contribution < 1.29 is 43.3 Å². The van der Waals surface area contributed by atoms with Crippen LogP contribution < -0.4 is 15.4 Å². The van der Waals surface area contributed by atoms with Gasteiger partial charge in [-0.1, -0.05) is 0 Å². The van der Waals surface area contributed by atoms with Crippen molar-refractivity contribution in [2.45, 2.75) is 50.2 Å². The van der Waals surface area contributed by atoms with Gasteiger partial charge in [-0.05, 0) is 31.4 Å². The second-order valence-corrected chi connectivity index (χ2v) is 8.19. The highest BCUT2D eigenvalue weighted by molar-refractivity contribution is 5.97. The Balaban J connectivity index is 1.76. The lowest BCUT2D eigenvalue weighted by Crippen LogP contribution is -2.64. The van der Waals surface area contributed by atoms with Gasteiger partial charge < -0.3 is 25.2 Å². The molecule has 0 radical (unpaired) electrons. The van der Waals surface area contributed by atoms with Crippen LogP contribution in [0.15, 0.2) is 24.5 Å². The monoisotopic (exact) mass is 505 g/mol. The molecule has 14 nitrogen and oxygen atoms in total. The lowest BCUT2D eigenvalue weighted by atomic mass is 10.0. The summed E-state index contributed by atoms with van der Waals surface area (Å²) in [7, 11) is 1.13. The van der Waals surface area contributed by atoms with E-state index in [2.05, 4.69) is 20.4 Å². The molecule has 14 heteroatoms. The van der Waals surface area contributed by atoms with E-state index < -0.39 is 66.7 Å². The Morgan fingerprint density at radius 2 is 2.03 bits per heavy atom. The summed E-state index contributed by atoms with van der Waals surface area (Å²) in [6, 6.07) is -0.596. The normalized spacial score (nSPS) is 20.5. The summed E-state index contributed by atoms with van der Waals surface area (Å²) in [6.07, 6.45) is 1.82. The predicted molar refractivity (Wildman–Crippen MR) is 119 cm³/mol. The standard InChI is InChI=1S/C22H27N5O9/c1-35-22(34)25-14-6-7-18(29)26-9-3-5-16(27(26)21(14)33)20(32)24-15(10-19(30)31)17(28)12-36-13-4-2-8-23-11-13/h2,4,8,11,14-16H,3,5-7,9-10,12H2,1H3,(H,24,32)(H,25,34)(H,30,31). The van der Waals surface area contributed by atoms with Crippen LogP contribution in [0.25, 0.3) is 0 Å². The Morgan fingerprint density at radius 3 is 2.69 bits per heavy atom. The van der Waals surface area contributed by atoms with Crippen molar-refractivity contribution in [3.63, 3.8) is 0 Å². The fourth-order valence-electron chi connectivity index (χ4n) is 3.98. The average Bonchev–Trinajstić information content (AvgIpc) is 2.99. The molecule has 194 valence electrons. The van der Waals surface area contributed by atoms with Gasteiger partial charge in [0.05, 0.1) is 19.7 Å². The van der Waals surface area contributed by atoms with Gasteiger partial charge in [-0.3, -0.25) is 34.0 Å². The Hall–Kier alpha value is -4.23. The highest BCUT2D eigenvalue weighted by atomic mass is 16.5. The molecule has 0 saturated carbocycles. The molecule has 0 aliphatic carbocycles. The zero-order chi connectivity index (χ0) is 26.2. The zero-order valence-electron chi connectivity index (χ0n) is 19.5. The molecule has 3 N–H and O–H groups in total. The van der Waals surface area contributed by atoms with Crippen molar-refractivity contribution in [3.05, 3.63) is 24.5 Å². The number of hydrazine groups is 1. The van der Waals surface area contributed by atoms with Gasteiger partial charge in [0.15, 0.2) is 5.78 Å². The van der Waals surface area contributed by atoms with Gasteiger partial charge in [0, 0.05) is 19.2 Å². The number of aliphatic carboxylic acids is 1. The minimum Gasteiger partial charge on any atom is -0.484 e. The summed E-state index contributed by atoms with van der Waals surface area (Å²) in [5.74, 6) is -3.65. The second-order valence-electron chi connectivity index (χ2n) is 8.19. The molecular weight excluding hydrogens is 478 g/mol. The fourth-order valence-corrected chi connectivity index (χ4v) is 3.98. The maximum absolute atomic E-state index is 13.2. The van der Waals surface area contributed by atoms with E-state index in [1.165, 1.54) is 12.4 Å². The van der Waals surface area contributed by atoms with E-state index in [0.29, 0.717) is 6.42 Å². The largest absolute Gasteiger partial charge is 0.484 e. The van der Waals surface area contributed by atoms with Gasteiger partial charge in [0.25, 0.3) is 5.91 Å². The highest BCUT2D eigenvalue weighted by Crippen LogP contribution is 2.25. The number of hydrogen-bond donors (Lipinski definition) is 3. The van der Waals surface area contributed by atoms with Crippen molar-refractivity contribution >= 4 is 35.6 Å². The molecule has 3 rings (SSSR count). The first kappa shape index (κ1) is 26.4. The third-order valence-electron chi connectivity index (χ3n) is 5.74. The van der Waals surface area contributed by atoms with Crippen molar-refractivity contribution in [1.82, 2.24) is 25.6 Å². The zero-order valence-corrected chi connectivity index (χ0v) is 19.5. The molecule has 3 atom stereocenters. The predicted octanol–water partition coefficient (Wildman–Crippen LogP) is -0.758. The molecule has 1 aromatic heterocycles. The molecular formula is C22H27N5O9. The van der Waals surface area contributed by atoms with Crippen LogP contribution in [-0.2, 0) is 28.7 Å².